The van der Waals surface area contributed by atoms with E-state index >= 15 is 0 Å². The van der Waals surface area contributed by atoms with Crippen LogP contribution in [0, 0.1) is 6.92 Å². The van der Waals surface area contributed by atoms with Crippen molar-refractivity contribution in [3.05, 3.63) is 29.3 Å². The average Bonchev–Trinajstić information content (AvgIpc) is 2.42. The Labute approximate surface area is 115 Å². The molecule has 0 aromatic heterocycles. The molecule has 1 amide bonds. The van der Waals surface area contributed by atoms with Crippen molar-refractivity contribution in [2.45, 2.75) is 33.2 Å². The van der Waals surface area contributed by atoms with Crippen molar-refractivity contribution in [1.82, 2.24) is 10.6 Å². The number of nitrogens with one attached hydrogen (secondary N) is 2. The van der Waals surface area contributed by atoms with Crippen LogP contribution in [0.5, 0.6) is 5.75 Å². The molecule has 0 aliphatic heterocycles. The smallest absolute Gasteiger partial charge is 0.257 e. The number of carbonyl (C=O) groups excluding carboxylic acids is 1. The second-order valence-corrected chi connectivity index (χ2v) is 4.69. The van der Waals surface area contributed by atoms with E-state index in [4.69, 9.17) is 4.74 Å². The zero-order chi connectivity index (χ0) is 14.3. The Bertz CT molecular complexity index is 419. The topological polar surface area (TPSA) is 50.4 Å². The Balaban J connectivity index is 2.69. The summed E-state index contributed by atoms with van der Waals surface area (Å²) in [6, 6.07) is 6.19. The maximum atomic E-state index is 11.5. The van der Waals surface area contributed by atoms with Crippen LogP contribution in [0.3, 0.4) is 0 Å². The molecule has 4 nitrogen and oxygen atoms in total. The minimum absolute atomic E-state index is 0.0620. The highest BCUT2D eigenvalue weighted by atomic mass is 16.5. The van der Waals surface area contributed by atoms with Gasteiger partial charge in [0.25, 0.3) is 5.91 Å². The van der Waals surface area contributed by atoms with Gasteiger partial charge in [0.05, 0.1) is 0 Å². The second kappa shape index (κ2) is 7.79. The summed E-state index contributed by atoms with van der Waals surface area (Å²) in [6.07, 6.45) is 0.929. The van der Waals surface area contributed by atoms with Gasteiger partial charge in [0, 0.05) is 18.2 Å². The molecule has 0 saturated carbocycles. The van der Waals surface area contributed by atoms with E-state index in [0.717, 1.165) is 17.7 Å². The molecule has 1 aromatic carbocycles. The number of hydrogen-bond donors (Lipinski definition) is 2. The third-order valence-electron chi connectivity index (χ3n) is 3.00. The Kier molecular flexibility index (Phi) is 6.36. The zero-order valence-corrected chi connectivity index (χ0v) is 12.2. The molecule has 2 N–H and O–H groups in total. The van der Waals surface area contributed by atoms with Crippen LogP contribution in [0.15, 0.2) is 18.2 Å². The van der Waals surface area contributed by atoms with Crippen LogP contribution >= 0.6 is 0 Å². The maximum absolute atomic E-state index is 11.5. The molecular weight excluding hydrogens is 240 g/mol. The van der Waals surface area contributed by atoms with Gasteiger partial charge in [-0.1, -0.05) is 24.6 Å². The summed E-state index contributed by atoms with van der Waals surface area (Å²) in [6.45, 7) is 6.89. The number of ether oxygens (including phenoxy) is 1. The van der Waals surface area contributed by atoms with Gasteiger partial charge in [0.1, 0.15) is 5.75 Å². The normalized spacial score (nSPS) is 12.0. The predicted octanol–water partition coefficient (Wildman–Crippen LogP) is 2.18. The highest BCUT2D eigenvalue weighted by Crippen LogP contribution is 2.26. The summed E-state index contributed by atoms with van der Waals surface area (Å²) in [5.74, 6) is 0.685. The van der Waals surface area contributed by atoms with Crippen LogP contribution in [0.25, 0.3) is 0 Å². The molecule has 4 heteroatoms. The van der Waals surface area contributed by atoms with Gasteiger partial charge in [-0.15, -0.1) is 0 Å². The molecular formula is C15H24N2O2. The van der Waals surface area contributed by atoms with Gasteiger partial charge in [-0.3, -0.25) is 4.79 Å². The molecule has 0 heterocycles. The number of hydrogen-bond acceptors (Lipinski definition) is 3. The third kappa shape index (κ3) is 4.91. The van der Waals surface area contributed by atoms with Crippen LogP contribution in [-0.4, -0.2) is 26.1 Å². The fraction of sp³-hybridized carbons (Fsp3) is 0.533. The first-order chi connectivity index (χ1) is 9.08. The predicted molar refractivity (Wildman–Crippen MR) is 77.4 cm³/mol. The first kappa shape index (κ1) is 15.5. The van der Waals surface area contributed by atoms with Crippen molar-refractivity contribution in [3.63, 3.8) is 0 Å². The summed E-state index contributed by atoms with van der Waals surface area (Å²) in [5, 5.41) is 5.99. The maximum Gasteiger partial charge on any atom is 0.257 e. The van der Waals surface area contributed by atoms with Crippen LogP contribution in [0.1, 0.15) is 37.4 Å². The standard InChI is InChI=1S/C15H24N2O2/c1-5-8-17-15(18)10-19-14-7-6-11(2)9-13(14)12(3)16-4/h6-7,9,12,16H,5,8,10H2,1-4H3,(H,17,18). The molecule has 0 aliphatic rings. The van der Waals surface area contributed by atoms with Gasteiger partial charge in [0.15, 0.2) is 6.61 Å². The minimum atomic E-state index is -0.0783. The van der Waals surface area contributed by atoms with E-state index in [-0.39, 0.29) is 18.6 Å². The molecule has 1 unspecified atom stereocenters. The Morgan fingerprint density at radius 1 is 1.42 bits per heavy atom. The molecule has 19 heavy (non-hydrogen) atoms. The first-order valence-corrected chi connectivity index (χ1v) is 6.75. The van der Waals surface area contributed by atoms with Crippen molar-refractivity contribution in [2.24, 2.45) is 0 Å². The third-order valence-corrected chi connectivity index (χ3v) is 3.00. The molecule has 1 atom stereocenters. The Morgan fingerprint density at radius 3 is 2.79 bits per heavy atom. The second-order valence-electron chi connectivity index (χ2n) is 4.69. The largest absolute Gasteiger partial charge is 0.483 e. The molecule has 1 aromatic rings. The van der Waals surface area contributed by atoms with E-state index in [0.29, 0.717) is 6.54 Å². The van der Waals surface area contributed by atoms with E-state index in [1.807, 2.05) is 33.0 Å². The monoisotopic (exact) mass is 264 g/mol. The molecule has 0 aliphatic carbocycles. The molecule has 0 spiro atoms. The van der Waals surface area contributed by atoms with Gasteiger partial charge in [0.2, 0.25) is 0 Å². The SMILES string of the molecule is CCCNC(=O)COc1ccc(C)cc1C(C)NC. The van der Waals surface area contributed by atoms with Gasteiger partial charge < -0.3 is 15.4 Å². The average molecular weight is 264 g/mol. The summed E-state index contributed by atoms with van der Waals surface area (Å²) >= 11 is 0. The Hall–Kier alpha value is -1.55. The number of carbonyl (C=O) groups is 1. The van der Waals surface area contributed by atoms with Crippen LogP contribution < -0.4 is 15.4 Å². The van der Waals surface area contributed by atoms with Crippen molar-refractivity contribution in [2.75, 3.05) is 20.2 Å². The molecule has 0 saturated heterocycles. The molecule has 106 valence electrons. The van der Waals surface area contributed by atoms with Crippen LogP contribution in [-0.2, 0) is 4.79 Å². The lowest BCUT2D eigenvalue weighted by Crippen LogP contribution is -2.29. The van der Waals surface area contributed by atoms with Gasteiger partial charge >= 0.3 is 0 Å². The van der Waals surface area contributed by atoms with Crippen molar-refractivity contribution >= 4 is 5.91 Å². The van der Waals surface area contributed by atoms with Gasteiger partial charge in [-0.2, -0.15) is 0 Å². The van der Waals surface area contributed by atoms with Crippen molar-refractivity contribution in [1.29, 1.82) is 0 Å². The van der Waals surface area contributed by atoms with E-state index in [1.54, 1.807) is 0 Å². The highest BCUT2D eigenvalue weighted by Gasteiger charge is 2.11. The fourth-order valence-corrected chi connectivity index (χ4v) is 1.75. The molecule has 0 bridgehead atoms. The zero-order valence-electron chi connectivity index (χ0n) is 12.2. The lowest BCUT2D eigenvalue weighted by molar-refractivity contribution is -0.123. The van der Waals surface area contributed by atoms with Crippen LogP contribution in [0.2, 0.25) is 0 Å². The fourth-order valence-electron chi connectivity index (χ4n) is 1.75. The number of aryl methyl sites for hydroxylation is 1. The number of amides is 1. The molecule has 0 radical (unpaired) electrons. The number of rotatable bonds is 7. The minimum Gasteiger partial charge on any atom is -0.483 e. The summed E-state index contributed by atoms with van der Waals surface area (Å²) in [4.78, 5) is 11.5. The van der Waals surface area contributed by atoms with E-state index in [9.17, 15) is 4.79 Å². The van der Waals surface area contributed by atoms with Crippen LogP contribution in [0.4, 0.5) is 0 Å². The quantitative estimate of drug-likeness (QED) is 0.793. The molecule has 1 rings (SSSR count). The lowest BCUT2D eigenvalue weighted by atomic mass is 10.0. The van der Waals surface area contributed by atoms with E-state index in [1.165, 1.54) is 5.56 Å². The molecule has 0 fully saturated rings. The van der Waals surface area contributed by atoms with Crippen molar-refractivity contribution < 1.29 is 9.53 Å². The van der Waals surface area contributed by atoms with E-state index < -0.39 is 0 Å². The summed E-state index contributed by atoms with van der Waals surface area (Å²) < 4.78 is 5.62. The first-order valence-electron chi connectivity index (χ1n) is 6.75. The Morgan fingerprint density at radius 2 is 2.16 bits per heavy atom. The van der Waals surface area contributed by atoms with Gasteiger partial charge in [-0.05, 0) is 33.4 Å². The van der Waals surface area contributed by atoms with Crippen molar-refractivity contribution in [3.8, 4) is 5.75 Å². The van der Waals surface area contributed by atoms with E-state index in [2.05, 4.69) is 23.6 Å². The van der Waals surface area contributed by atoms with Gasteiger partial charge in [-0.25, -0.2) is 0 Å². The lowest BCUT2D eigenvalue weighted by Gasteiger charge is -2.17. The summed E-state index contributed by atoms with van der Waals surface area (Å²) in [7, 11) is 1.91. The summed E-state index contributed by atoms with van der Waals surface area (Å²) in [5.41, 5.74) is 2.26. The number of benzene rings is 1. The highest BCUT2D eigenvalue weighted by molar-refractivity contribution is 5.77.